The number of nitrogens with zero attached hydrogens (tertiary/aromatic N) is 1. The number of urea groups is 1. The zero-order valence-electron chi connectivity index (χ0n) is 6.37. The zero-order chi connectivity index (χ0) is 9.42. The van der Waals surface area contributed by atoms with Crippen LogP contribution in [0.15, 0.2) is 17.1 Å². The average Bonchev–Trinajstić information content (AvgIpc) is 2.02. The van der Waals surface area contributed by atoms with E-state index < -0.39 is 18.0 Å². The first-order valence-corrected chi connectivity index (χ1v) is 3.52. The van der Waals surface area contributed by atoms with Crippen LogP contribution in [0.3, 0.4) is 0 Å². The number of aliphatic hydroxyl groups is 1. The van der Waals surface area contributed by atoms with Crippen LogP contribution in [0.1, 0.15) is 0 Å². The summed E-state index contributed by atoms with van der Waals surface area (Å²) < 4.78 is 0. The minimum atomic E-state index is -0.728. The molecule has 1 unspecified atom stereocenters. The summed E-state index contributed by atoms with van der Waals surface area (Å²) in [5.41, 5.74) is 0. The second-order valence-electron chi connectivity index (χ2n) is 2.54. The van der Waals surface area contributed by atoms with Gasteiger partial charge in [0, 0.05) is 0 Å². The molecule has 0 aromatic heterocycles. The van der Waals surface area contributed by atoms with Crippen molar-refractivity contribution in [1.82, 2.24) is 16.0 Å². The van der Waals surface area contributed by atoms with Gasteiger partial charge in [-0.2, -0.15) is 4.99 Å². The summed E-state index contributed by atoms with van der Waals surface area (Å²) in [5.74, 6) is -0.666. The molecule has 0 saturated carbocycles. The summed E-state index contributed by atoms with van der Waals surface area (Å²) in [6, 6.07) is -1.37. The summed E-state index contributed by atoms with van der Waals surface area (Å²) in [6.07, 6.45) is 1.19. The summed E-state index contributed by atoms with van der Waals surface area (Å²) in [4.78, 5) is 25.5. The van der Waals surface area contributed by atoms with Gasteiger partial charge in [-0.15, -0.1) is 0 Å². The highest BCUT2D eigenvalue weighted by Gasteiger charge is 2.33. The van der Waals surface area contributed by atoms with Crippen molar-refractivity contribution in [2.75, 3.05) is 0 Å². The molecule has 0 aromatic carbocycles. The molecule has 13 heavy (non-hydrogen) atoms. The highest BCUT2D eigenvalue weighted by Crippen LogP contribution is 2.03. The molecule has 0 radical (unpaired) electrons. The maximum Gasteiger partial charge on any atom is 0.326 e. The fraction of sp³-hybridized carbons (Fsp3) is 0.167. The molecule has 1 fully saturated rings. The topological polar surface area (TPSA) is 103 Å². The van der Waals surface area contributed by atoms with Crippen molar-refractivity contribution in [3.8, 4) is 0 Å². The molecule has 7 nitrogen and oxygen atoms in total. The molecule has 0 aromatic rings. The zero-order valence-corrected chi connectivity index (χ0v) is 6.37. The molecular formula is C6H6N4O3. The van der Waals surface area contributed by atoms with Crippen LogP contribution < -0.4 is 16.0 Å². The van der Waals surface area contributed by atoms with Gasteiger partial charge in [0.15, 0.2) is 6.04 Å². The quantitative estimate of drug-likeness (QED) is 0.368. The van der Waals surface area contributed by atoms with Crippen LogP contribution in [-0.4, -0.2) is 28.9 Å². The Hall–Kier alpha value is -2.05. The van der Waals surface area contributed by atoms with Crippen LogP contribution in [0, 0.1) is 0 Å². The third-order valence-corrected chi connectivity index (χ3v) is 1.63. The van der Waals surface area contributed by atoms with Gasteiger partial charge in [0.05, 0.1) is 6.20 Å². The van der Waals surface area contributed by atoms with Crippen LogP contribution in [0.4, 0.5) is 4.79 Å². The van der Waals surface area contributed by atoms with Gasteiger partial charge < -0.3 is 10.4 Å². The molecule has 68 valence electrons. The van der Waals surface area contributed by atoms with E-state index in [1.54, 1.807) is 0 Å². The molecule has 2 heterocycles. The van der Waals surface area contributed by atoms with Gasteiger partial charge in [-0.25, -0.2) is 4.79 Å². The molecule has 2 aliphatic heterocycles. The third kappa shape index (κ3) is 1.19. The molecule has 4 N–H and O–H groups in total. The Bertz CT molecular complexity index is 346. The number of aliphatic hydroxyl groups excluding tert-OH is 1. The van der Waals surface area contributed by atoms with Crippen LogP contribution in [0.5, 0.6) is 0 Å². The monoisotopic (exact) mass is 182 g/mol. The van der Waals surface area contributed by atoms with E-state index in [-0.39, 0.29) is 11.7 Å². The van der Waals surface area contributed by atoms with Crippen molar-refractivity contribution < 1.29 is 14.7 Å². The number of fused-ring (bicyclic) bond motifs is 1. The predicted molar refractivity (Wildman–Crippen MR) is 41.7 cm³/mol. The number of amides is 3. The molecule has 1 atom stereocenters. The minimum absolute atomic E-state index is 0.105. The summed E-state index contributed by atoms with van der Waals surface area (Å²) in [7, 11) is 0. The van der Waals surface area contributed by atoms with Gasteiger partial charge in [-0.1, -0.05) is 0 Å². The highest BCUT2D eigenvalue weighted by molar-refractivity contribution is 6.21. The van der Waals surface area contributed by atoms with E-state index in [0.717, 1.165) is 0 Å². The number of hydrogen-bond acceptors (Lipinski definition) is 5. The van der Waals surface area contributed by atoms with E-state index in [2.05, 4.69) is 20.9 Å². The van der Waals surface area contributed by atoms with Crippen molar-refractivity contribution in [1.29, 1.82) is 0 Å². The standard InChI is InChI=1S/C6H6N4O3/c11-2-1-7-3-4(8-2)9-6(13)10-5(3)12/h1,3,7,11H,(H2,8,9,10,12,13). The lowest BCUT2D eigenvalue weighted by molar-refractivity contribution is -0.120. The molecule has 0 spiro atoms. The van der Waals surface area contributed by atoms with Crippen molar-refractivity contribution in [3.05, 3.63) is 12.1 Å². The van der Waals surface area contributed by atoms with Crippen molar-refractivity contribution >= 4 is 17.8 Å². The molecule has 7 heteroatoms. The first-order chi connectivity index (χ1) is 6.16. The van der Waals surface area contributed by atoms with Crippen LogP contribution in [0.25, 0.3) is 0 Å². The Morgan fingerprint density at radius 3 is 2.92 bits per heavy atom. The van der Waals surface area contributed by atoms with Crippen molar-refractivity contribution in [2.45, 2.75) is 6.04 Å². The lowest BCUT2D eigenvalue weighted by Crippen LogP contribution is -2.63. The smallest absolute Gasteiger partial charge is 0.326 e. The lowest BCUT2D eigenvalue weighted by Gasteiger charge is -2.26. The number of carbonyl (C=O) groups is 2. The molecule has 3 amide bonds. The maximum atomic E-state index is 11.1. The van der Waals surface area contributed by atoms with Crippen LogP contribution in [0.2, 0.25) is 0 Å². The Balaban J connectivity index is 2.31. The number of hydrogen-bond donors (Lipinski definition) is 4. The number of nitrogens with one attached hydrogen (secondary N) is 3. The van der Waals surface area contributed by atoms with Gasteiger partial charge in [0.25, 0.3) is 5.91 Å². The molecule has 1 saturated heterocycles. The largest absolute Gasteiger partial charge is 0.492 e. The minimum Gasteiger partial charge on any atom is -0.492 e. The Morgan fingerprint density at radius 1 is 1.38 bits per heavy atom. The summed E-state index contributed by atoms with van der Waals surface area (Å²) in [5, 5.41) is 15.9. The van der Waals surface area contributed by atoms with Crippen LogP contribution >= 0.6 is 0 Å². The van der Waals surface area contributed by atoms with Gasteiger partial charge >= 0.3 is 6.03 Å². The SMILES string of the molecule is O=C1NC(=O)C2NC=C(O)N=C2N1. The Kier molecular flexibility index (Phi) is 1.44. The van der Waals surface area contributed by atoms with E-state index in [4.69, 9.17) is 5.11 Å². The molecular weight excluding hydrogens is 176 g/mol. The van der Waals surface area contributed by atoms with Crippen LogP contribution in [-0.2, 0) is 4.79 Å². The van der Waals surface area contributed by atoms with Gasteiger partial charge in [-0.3, -0.25) is 15.4 Å². The van der Waals surface area contributed by atoms with E-state index in [0.29, 0.717) is 0 Å². The molecule has 0 bridgehead atoms. The predicted octanol–water partition coefficient (Wildman–Crippen LogP) is -1.45. The molecule has 0 aliphatic carbocycles. The summed E-state index contributed by atoms with van der Waals surface area (Å²) in [6.45, 7) is 0. The second-order valence-corrected chi connectivity index (χ2v) is 2.54. The fourth-order valence-electron chi connectivity index (χ4n) is 1.09. The lowest BCUT2D eigenvalue weighted by atomic mass is 10.2. The number of carbonyl (C=O) groups excluding carboxylic acids is 2. The number of rotatable bonds is 0. The molecule has 2 rings (SSSR count). The third-order valence-electron chi connectivity index (χ3n) is 1.63. The molecule has 2 aliphatic rings. The van der Waals surface area contributed by atoms with E-state index in [1.165, 1.54) is 6.20 Å². The highest BCUT2D eigenvalue weighted by atomic mass is 16.3. The number of imide groups is 1. The average molecular weight is 182 g/mol. The van der Waals surface area contributed by atoms with E-state index in [9.17, 15) is 9.59 Å². The van der Waals surface area contributed by atoms with Crippen molar-refractivity contribution in [3.63, 3.8) is 0 Å². The van der Waals surface area contributed by atoms with Crippen molar-refractivity contribution in [2.24, 2.45) is 4.99 Å². The number of amidine groups is 1. The second kappa shape index (κ2) is 2.47. The van der Waals surface area contributed by atoms with E-state index in [1.807, 2.05) is 0 Å². The van der Waals surface area contributed by atoms with Gasteiger partial charge in [-0.05, 0) is 0 Å². The summed E-state index contributed by atoms with van der Waals surface area (Å²) >= 11 is 0. The van der Waals surface area contributed by atoms with Gasteiger partial charge in [0.1, 0.15) is 5.84 Å². The first-order valence-electron chi connectivity index (χ1n) is 3.52. The number of aliphatic imine (C=N–C) groups is 1. The van der Waals surface area contributed by atoms with E-state index >= 15 is 0 Å². The first kappa shape index (κ1) is 7.59. The fourth-order valence-corrected chi connectivity index (χ4v) is 1.09. The van der Waals surface area contributed by atoms with Gasteiger partial charge in [0.2, 0.25) is 5.88 Å². The Morgan fingerprint density at radius 2 is 2.15 bits per heavy atom. The normalized spacial score (nSPS) is 26.0. The Labute approximate surface area is 72.5 Å². The maximum absolute atomic E-state index is 11.1.